The van der Waals surface area contributed by atoms with Crippen molar-refractivity contribution in [2.24, 2.45) is 0 Å². The second kappa shape index (κ2) is 8.77. The second-order valence-electron chi connectivity index (χ2n) is 6.11. The van der Waals surface area contributed by atoms with Crippen LogP contribution in [-0.4, -0.2) is 19.7 Å². The molecule has 4 rings (SSSR count). The van der Waals surface area contributed by atoms with Crippen LogP contribution < -0.4 is 5.69 Å². The van der Waals surface area contributed by atoms with Gasteiger partial charge in [-0.2, -0.15) is 0 Å². The van der Waals surface area contributed by atoms with Crippen LogP contribution in [0.5, 0.6) is 0 Å². The van der Waals surface area contributed by atoms with Crippen molar-refractivity contribution >= 4 is 34.7 Å². The van der Waals surface area contributed by atoms with Crippen molar-refractivity contribution in [2.75, 3.05) is 0 Å². The summed E-state index contributed by atoms with van der Waals surface area (Å²) in [6.45, 7) is 0.587. The highest BCUT2D eigenvalue weighted by Crippen LogP contribution is 2.31. The summed E-state index contributed by atoms with van der Waals surface area (Å²) in [5.74, 6) is 0.635. The predicted molar refractivity (Wildman–Crippen MR) is 115 cm³/mol. The average molecular weight is 429 g/mol. The third-order valence-electron chi connectivity index (χ3n) is 4.20. The van der Waals surface area contributed by atoms with Gasteiger partial charge in [0.05, 0.1) is 10.7 Å². The Labute approximate surface area is 175 Å². The summed E-state index contributed by atoms with van der Waals surface area (Å²) < 4.78 is 1.68. The van der Waals surface area contributed by atoms with Crippen LogP contribution in [0.15, 0.2) is 69.9 Å². The Balaban J connectivity index is 1.43. The van der Waals surface area contributed by atoms with Crippen molar-refractivity contribution in [2.45, 2.75) is 23.9 Å². The van der Waals surface area contributed by atoms with Gasteiger partial charge in [-0.15, -0.1) is 16.4 Å². The second-order valence-corrected chi connectivity index (χ2v) is 8.32. The lowest BCUT2D eigenvalue weighted by Crippen LogP contribution is -2.18. The normalized spacial score (nSPS) is 11.0. The number of benzene rings is 2. The van der Waals surface area contributed by atoms with E-state index in [2.05, 4.69) is 27.3 Å². The predicted octanol–water partition coefficient (Wildman–Crippen LogP) is 4.88. The van der Waals surface area contributed by atoms with Crippen LogP contribution in [0.25, 0.3) is 10.6 Å². The molecule has 28 heavy (non-hydrogen) atoms. The van der Waals surface area contributed by atoms with E-state index in [9.17, 15) is 4.79 Å². The summed E-state index contributed by atoms with van der Waals surface area (Å²) >= 11 is 9.32. The van der Waals surface area contributed by atoms with Crippen LogP contribution >= 0.6 is 34.7 Å². The zero-order chi connectivity index (χ0) is 19.3. The van der Waals surface area contributed by atoms with Gasteiger partial charge in [-0.25, -0.2) is 14.9 Å². The Kier molecular flexibility index (Phi) is 5.95. The lowest BCUT2D eigenvalue weighted by Gasteiger charge is -2.05. The highest BCUT2D eigenvalue weighted by molar-refractivity contribution is 7.98. The maximum Gasteiger partial charge on any atom is 0.343 e. The van der Waals surface area contributed by atoms with Gasteiger partial charge in [-0.1, -0.05) is 71.9 Å². The Morgan fingerprint density at radius 1 is 1.11 bits per heavy atom. The summed E-state index contributed by atoms with van der Waals surface area (Å²) in [6, 6.07) is 17.8. The first-order chi connectivity index (χ1) is 13.7. The van der Waals surface area contributed by atoms with Gasteiger partial charge in [0.15, 0.2) is 5.16 Å². The van der Waals surface area contributed by atoms with Crippen molar-refractivity contribution in [3.05, 3.63) is 86.7 Å². The van der Waals surface area contributed by atoms with Crippen molar-refractivity contribution in [1.29, 1.82) is 0 Å². The Morgan fingerprint density at radius 2 is 1.89 bits per heavy atom. The number of hydrogen-bond acceptors (Lipinski definition) is 5. The highest BCUT2D eigenvalue weighted by Gasteiger charge is 2.12. The first kappa shape index (κ1) is 19.0. The minimum atomic E-state index is -0.187. The van der Waals surface area contributed by atoms with Gasteiger partial charge in [0, 0.05) is 23.2 Å². The largest absolute Gasteiger partial charge is 0.343 e. The summed E-state index contributed by atoms with van der Waals surface area (Å²) in [6.07, 6.45) is 0.779. The molecule has 0 saturated carbocycles. The number of halogens is 1. The van der Waals surface area contributed by atoms with Gasteiger partial charge < -0.3 is 0 Å². The Hall–Kier alpha value is -2.35. The first-order valence-electron chi connectivity index (χ1n) is 8.72. The maximum atomic E-state index is 12.1. The van der Waals surface area contributed by atoms with E-state index in [1.54, 1.807) is 15.9 Å². The van der Waals surface area contributed by atoms with E-state index in [1.807, 2.05) is 47.8 Å². The summed E-state index contributed by atoms with van der Waals surface area (Å²) in [4.78, 5) is 16.8. The van der Waals surface area contributed by atoms with Gasteiger partial charge >= 0.3 is 5.69 Å². The van der Waals surface area contributed by atoms with Crippen LogP contribution in [0.2, 0.25) is 5.02 Å². The number of aromatic amines is 1. The van der Waals surface area contributed by atoms with Crippen LogP contribution in [0.4, 0.5) is 0 Å². The molecular formula is C20H17ClN4OS2. The molecule has 0 radical (unpaired) electrons. The van der Waals surface area contributed by atoms with Crippen LogP contribution in [0.3, 0.4) is 0 Å². The van der Waals surface area contributed by atoms with Gasteiger partial charge in [-0.05, 0) is 18.1 Å². The number of H-pyrrole nitrogens is 1. The van der Waals surface area contributed by atoms with E-state index >= 15 is 0 Å². The minimum absolute atomic E-state index is 0.187. The topological polar surface area (TPSA) is 63.6 Å². The molecule has 5 nitrogen and oxygen atoms in total. The standard InChI is InChI=1S/C20H17ClN4OS2/c21-17-9-5-4-8-16(17)18-22-15(12-27-18)13-28-20-24-23-19(26)25(20)11-10-14-6-2-1-3-7-14/h1-9,12H,10-11,13H2,(H,23,26). The number of nitrogens with one attached hydrogen (secondary N) is 1. The summed E-state index contributed by atoms with van der Waals surface area (Å²) in [5, 5.41) is 11.0. The van der Waals surface area contributed by atoms with Crippen molar-refractivity contribution in [3.8, 4) is 10.6 Å². The number of hydrogen-bond donors (Lipinski definition) is 1. The fourth-order valence-corrected chi connectivity index (χ4v) is 4.88. The lowest BCUT2D eigenvalue weighted by atomic mass is 10.1. The lowest BCUT2D eigenvalue weighted by molar-refractivity contribution is 0.616. The van der Waals surface area contributed by atoms with E-state index < -0.39 is 0 Å². The molecular weight excluding hydrogens is 412 g/mol. The van der Waals surface area contributed by atoms with Crippen LogP contribution in [0, 0.1) is 0 Å². The number of aryl methyl sites for hydroxylation is 1. The molecule has 2 aromatic heterocycles. The number of nitrogens with zero attached hydrogens (tertiary/aromatic N) is 3. The van der Waals surface area contributed by atoms with Crippen molar-refractivity contribution < 1.29 is 0 Å². The zero-order valence-corrected chi connectivity index (χ0v) is 17.2. The smallest absolute Gasteiger partial charge is 0.270 e. The molecule has 0 unspecified atom stereocenters. The molecule has 0 spiro atoms. The van der Waals surface area contributed by atoms with Crippen LogP contribution in [0.1, 0.15) is 11.3 Å². The maximum absolute atomic E-state index is 12.1. The molecule has 0 fully saturated rings. The van der Waals surface area contributed by atoms with Gasteiger partial charge in [0.1, 0.15) is 5.01 Å². The molecule has 0 aliphatic heterocycles. The van der Waals surface area contributed by atoms with Gasteiger partial charge in [0.2, 0.25) is 0 Å². The molecule has 4 aromatic rings. The molecule has 1 N–H and O–H groups in total. The van der Waals surface area contributed by atoms with E-state index in [0.29, 0.717) is 22.5 Å². The summed E-state index contributed by atoms with van der Waals surface area (Å²) in [7, 11) is 0. The van der Waals surface area contributed by atoms with Crippen molar-refractivity contribution in [3.63, 3.8) is 0 Å². The fourth-order valence-electron chi connectivity index (χ4n) is 2.77. The molecule has 8 heteroatoms. The fraction of sp³-hybridized carbons (Fsp3) is 0.150. The Morgan fingerprint density at radius 3 is 2.71 bits per heavy atom. The number of thioether (sulfide) groups is 1. The Bertz CT molecular complexity index is 1120. The third kappa shape index (κ3) is 4.38. The molecule has 0 amide bonds. The van der Waals surface area contributed by atoms with E-state index in [4.69, 9.17) is 11.6 Å². The highest BCUT2D eigenvalue weighted by atomic mass is 35.5. The zero-order valence-electron chi connectivity index (χ0n) is 14.8. The van der Waals surface area contributed by atoms with Crippen molar-refractivity contribution in [1.82, 2.24) is 19.7 Å². The molecule has 2 heterocycles. The average Bonchev–Trinajstić information content (AvgIpc) is 3.32. The summed E-state index contributed by atoms with van der Waals surface area (Å²) in [5.41, 5.74) is 2.88. The first-order valence-corrected chi connectivity index (χ1v) is 11.0. The molecule has 0 bridgehead atoms. The van der Waals surface area contributed by atoms with E-state index in [-0.39, 0.29) is 5.69 Å². The SMILES string of the molecule is O=c1[nH]nc(SCc2csc(-c3ccccc3Cl)n2)n1CCc1ccccc1. The minimum Gasteiger partial charge on any atom is -0.270 e. The van der Waals surface area contributed by atoms with Crippen LogP contribution in [-0.2, 0) is 18.7 Å². The molecule has 0 aliphatic carbocycles. The number of aromatic nitrogens is 4. The number of rotatable bonds is 7. The van der Waals surface area contributed by atoms with Gasteiger partial charge in [-0.3, -0.25) is 4.57 Å². The van der Waals surface area contributed by atoms with E-state index in [1.165, 1.54) is 17.3 Å². The quantitative estimate of drug-likeness (QED) is 0.426. The van der Waals surface area contributed by atoms with E-state index in [0.717, 1.165) is 22.7 Å². The molecule has 0 atom stereocenters. The molecule has 0 aliphatic rings. The molecule has 2 aromatic carbocycles. The number of thiazole rings is 1. The molecule has 142 valence electrons. The monoisotopic (exact) mass is 428 g/mol. The third-order valence-corrected chi connectivity index (χ3v) is 6.46. The molecule has 0 saturated heterocycles. The van der Waals surface area contributed by atoms with Gasteiger partial charge in [0.25, 0.3) is 0 Å².